The third kappa shape index (κ3) is 2.93. The topological polar surface area (TPSA) is 32.3 Å². The second-order valence-electron chi connectivity index (χ2n) is 5.34. The van der Waals surface area contributed by atoms with Crippen molar-refractivity contribution in [3.8, 4) is 0 Å². The highest BCUT2D eigenvalue weighted by atomic mass is 35.5. The molecule has 0 aliphatic carbocycles. The Morgan fingerprint density at radius 2 is 2.16 bits per heavy atom. The van der Waals surface area contributed by atoms with Crippen LogP contribution in [0.5, 0.6) is 0 Å². The molecule has 1 aliphatic rings. The first kappa shape index (κ1) is 14.4. The molecular formula is C15H21ClN2O. The van der Waals surface area contributed by atoms with E-state index >= 15 is 0 Å². The van der Waals surface area contributed by atoms with Gasteiger partial charge >= 0.3 is 0 Å². The van der Waals surface area contributed by atoms with Crippen molar-refractivity contribution in [2.24, 2.45) is 5.92 Å². The predicted molar refractivity (Wildman–Crippen MR) is 78.2 cm³/mol. The van der Waals surface area contributed by atoms with Crippen molar-refractivity contribution >= 4 is 17.5 Å². The Bertz CT molecular complexity index is 463. The van der Waals surface area contributed by atoms with E-state index in [-0.39, 0.29) is 18.0 Å². The molecule has 1 fully saturated rings. The summed E-state index contributed by atoms with van der Waals surface area (Å²) < 4.78 is 0. The molecule has 1 saturated heterocycles. The molecule has 0 spiro atoms. The molecule has 1 aliphatic heterocycles. The van der Waals surface area contributed by atoms with Crippen LogP contribution in [-0.4, -0.2) is 30.4 Å². The minimum atomic E-state index is -0.0602. The van der Waals surface area contributed by atoms with Gasteiger partial charge in [0.1, 0.15) is 0 Å². The monoisotopic (exact) mass is 280 g/mol. The third-order valence-electron chi connectivity index (χ3n) is 4.08. The van der Waals surface area contributed by atoms with Gasteiger partial charge < -0.3 is 10.2 Å². The van der Waals surface area contributed by atoms with Crippen LogP contribution in [0, 0.1) is 5.92 Å². The smallest absolute Gasteiger partial charge is 0.240 e. The number of hydrogen-bond donors (Lipinski definition) is 1. The summed E-state index contributed by atoms with van der Waals surface area (Å²) in [4.78, 5) is 14.3. The number of benzene rings is 1. The van der Waals surface area contributed by atoms with E-state index in [1.807, 2.05) is 38.2 Å². The van der Waals surface area contributed by atoms with E-state index in [1.165, 1.54) is 0 Å². The summed E-state index contributed by atoms with van der Waals surface area (Å²) in [6.07, 6.45) is 1.06. The Balaban J connectivity index is 2.13. The van der Waals surface area contributed by atoms with E-state index in [1.54, 1.807) is 4.90 Å². The lowest BCUT2D eigenvalue weighted by Crippen LogP contribution is -2.45. The highest BCUT2D eigenvalue weighted by Gasteiger charge is 2.33. The number of halogens is 1. The maximum atomic E-state index is 12.5. The SMILES string of the molecule is CC1CCNC1C(=O)N(C)C(C)c1ccccc1Cl. The van der Waals surface area contributed by atoms with Crippen LogP contribution in [0.3, 0.4) is 0 Å². The fourth-order valence-electron chi connectivity index (χ4n) is 2.60. The molecule has 1 heterocycles. The lowest BCUT2D eigenvalue weighted by atomic mass is 10.0. The van der Waals surface area contributed by atoms with Gasteiger partial charge in [0.15, 0.2) is 0 Å². The van der Waals surface area contributed by atoms with Crippen molar-refractivity contribution < 1.29 is 4.79 Å². The Labute approximate surface area is 119 Å². The van der Waals surface area contributed by atoms with Crippen LogP contribution in [0.1, 0.15) is 31.9 Å². The van der Waals surface area contributed by atoms with Crippen molar-refractivity contribution in [2.45, 2.75) is 32.4 Å². The standard InChI is InChI=1S/C15H21ClN2O/c1-10-8-9-17-14(10)15(19)18(3)11(2)12-6-4-5-7-13(12)16/h4-7,10-11,14,17H,8-9H2,1-3H3. The average molecular weight is 281 g/mol. The maximum Gasteiger partial charge on any atom is 0.240 e. The van der Waals surface area contributed by atoms with Crippen LogP contribution in [0.2, 0.25) is 5.02 Å². The zero-order valence-corrected chi connectivity index (χ0v) is 12.4. The van der Waals surface area contributed by atoms with E-state index in [9.17, 15) is 4.79 Å². The van der Waals surface area contributed by atoms with Gasteiger partial charge in [-0.05, 0) is 37.4 Å². The quantitative estimate of drug-likeness (QED) is 0.923. The van der Waals surface area contributed by atoms with Crippen LogP contribution >= 0.6 is 11.6 Å². The van der Waals surface area contributed by atoms with Crippen LogP contribution < -0.4 is 5.32 Å². The van der Waals surface area contributed by atoms with E-state index in [4.69, 9.17) is 11.6 Å². The summed E-state index contributed by atoms with van der Waals surface area (Å²) in [7, 11) is 1.85. The molecule has 0 radical (unpaired) electrons. The molecule has 2 rings (SSSR count). The van der Waals surface area contributed by atoms with Crippen molar-refractivity contribution in [2.75, 3.05) is 13.6 Å². The molecule has 3 unspecified atom stereocenters. The Hall–Kier alpha value is -1.06. The van der Waals surface area contributed by atoms with Gasteiger partial charge in [0.25, 0.3) is 0 Å². The van der Waals surface area contributed by atoms with E-state index in [0.29, 0.717) is 10.9 Å². The molecule has 0 saturated carbocycles. The zero-order chi connectivity index (χ0) is 14.0. The highest BCUT2D eigenvalue weighted by molar-refractivity contribution is 6.31. The minimum absolute atomic E-state index is 0.0178. The second-order valence-corrected chi connectivity index (χ2v) is 5.75. The molecule has 1 N–H and O–H groups in total. The summed E-state index contributed by atoms with van der Waals surface area (Å²) in [5.74, 6) is 0.547. The summed E-state index contributed by atoms with van der Waals surface area (Å²) in [5.41, 5.74) is 0.991. The maximum absolute atomic E-state index is 12.5. The molecular weight excluding hydrogens is 260 g/mol. The summed E-state index contributed by atoms with van der Waals surface area (Å²) in [5, 5.41) is 3.99. The molecule has 19 heavy (non-hydrogen) atoms. The predicted octanol–water partition coefficient (Wildman–Crippen LogP) is 2.86. The first-order valence-electron chi connectivity index (χ1n) is 6.77. The largest absolute Gasteiger partial charge is 0.338 e. The van der Waals surface area contributed by atoms with Gasteiger partial charge in [-0.25, -0.2) is 0 Å². The molecule has 3 atom stereocenters. The van der Waals surface area contributed by atoms with Crippen LogP contribution in [0.25, 0.3) is 0 Å². The Morgan fingerprint density at radius 1 is 1.47 bits per heavy atom. The molecule has 3 nitrogen and oxygen atoms in total. The van der Waals surface area contributed by atoms with Crippen LogP contribution in [0.15, 0.2) is 24.3 Å². The fraction of sp³-hybridized carbons (Fsp3) is 0.533. The van der Waals surface area contributed by atoms with Gasteiger partial charge in [-0.2, -0.15) is 0 Å². The molecule has 0 aromatic heterocycles. The first-order chi connectivity index (χ1) is 9.02. The number of hydrogen-bond acceptors (Lipinski definition) is 2. The van der Waals surface area contributed by atoms with Crippen molar-refractivity contribution in [1.29, 1.82) is 0 Å². The first-order valence-corrected chi connectivity index (χ1v) is 7.14. The molecule has 1 aromatic rings. The number of nitrogens with zero attached hydrogens (tertiary/aromatic N) is 1. The van der Waals surface area contributed by atoms with Gasteiger partial charge in [0.05, 0.1) is 12.1 Å². The normalized spacial score (nSPS) is 24.2. The third-order valence-corrected chi connectivity index (χ3v) is 4.43. The number of amides is 1. The number of carbonyl (C=O) groups excluding carboxylic acids is 1. The number of carbonyl (C=O) groups is 1. The van der Waals surface area contributed by atoms with Crippen LogP contribution in [0.4, 0.5) is 0 Å². The van der Waals surface area contributed by atoms with Gasteiger partial charge in [-0.1, -0.05) is 36.7 Å². The average Bonchev–Trinajstić information content (AvgIpc) is 2.83. The molecule has 1 amide bonds. The molecule has 104 valence electrons. The lowest BCUT2D eigenvalue weighted by Gasteiger charge is -2.29. The summed E-state index contributed by atoms with van der Waals surface area (Å²) in [6, 6.07) is 7.61. The lowest BCUT2D eigenvalue weighted by molar-refractivity contribution is -0.134. The summed E-state index contributed by atoms with van der Waals surface area (Å²) in [6.45, 7) is 5.06. The van der Waals surface area contributed by atoms with E-state index in [0.717, 1.165) is 18.5 Å². The van der Waals surface area contributed by atoms with Gasteiger partial charge in [-0.15, -0.1) is 0 Å². The van der Waals surface area contributed by atoms with Gasteiger partial charge in [0.2, 0.25) is 5.91 Å². The Kier molecular flexibility index (Phi) is 4.48. The number of rotatable bonds is 3. The Morgan fingerprint density at radius 3 is 2.74 bits per heavy atom. The van der Waals surface area contributed by atoms with Crippen molar-refractivity contribution in [3.63, 3.8) is 0 Å². The van der Waals surface area contributed by atoms with Crippen molar-refractivity contribution in [1.82, 2.24) is 10.2 Å². The molecule has 0 bridgehead atoms. The highest BCUT2D eigenvalue weighted by Crippen LogP contribution is 2.27. The van der Waals surface area contributed by atoms with Crippen molar-refractivity contribution in [3.05, 3.63) is 34.9 Å². The van der Waals surface area contributed by atoms with Gasteiger partial charge in [-0.3, -0.25) is 4.79 Å². The molecule has 1 aromatic carbocycles. The van der Waals surface area contributed by atoms with E-state index < -0.39 is 0 Å². The number of likely N-dealkylation sites (N-methyl/N-ethyl adjacent to an activating group) is 1. The zero-order valence-electron chi connectivity index (χ0n) is 11.7. The molecule has 4 heteroatoms. The van der Waals surface area contributed by atoms with Crippen LogP contribution in [-0.2, 0) is 4.79 Å². The van der Waals surface area contributed by atoms with Gasteiger partial charge in [0, 0.05) is 12.1 Å². The second kappa shape index (κ2) is 5.93. The van der Waals surface area contributed by atoms with E-state index in [2.05, 4.69) is 12.2 Å². The summed E-state index contributed by atoms with van der Waals surface area (Å²) >= 11 is 6.20. The minimum Gasteiger partial charge on any atom is -0.338 e. The fourth-order valence-corrected chi connectivity index (χ4v) is 2.89. The number of nitrogens with one attached hydrogen (secondary N) is 1.